The maximum Gasteiger partial charge on any atom is 0.128 e. The van der Waals surface area contributed by atoms with Gasteiger partial charge in [-0.2, -0.15) is 0 Å². The third kappa shape index (κ3) is 4.81. The molecule has 170 valence electrons. The fourth-order valence-electron chi connectivity index (χ4n) is 3.79. The second kappa shape index (κ2) is 10.1. The van der Waals surface area contributed by atoms with Gasteiger partial charge in [0.05, 0.1) is 45.9 Å². The monoisotopic (exact) mass is 444 g/mol. The van der Waals surface area contributed by atoms with Crippen molar-refractivity contribution in [2.24, 2.45) is 0 Å². The smallest absolute Gasteiger partial charge is 0.128 e. The molecule has 0 saturated carbocycles. The summed E-state index contributed by atoms with van der Waals surface area (Å²) in [5, 5.41) is 2.06. The van der Waals surface area contributed by atoms with E-state index in [1.54, 1.807) is 28.4 Å². The van der Waals surface area contributed by atoms with Crippen LogP contribution in [0, 0.1) is 0 Å². The number of hydrazine groups is 1. The Morgan fingerprint density at radius 2 is 1.42 bits per heavy atom. The lowest BCUT2D eigenvalue weighted by atomic mass is 10.1. The molecule has 0 fully saturated rings. The van der Waals surface area contributed by atoms with Gasteiger partial charge in [-0.3, -0.25) is 5.01 Å². The van der Waals surface area contributed by atoms with Crippen LogP contribution in [0.5, 0.6) is 23.0 Å². The number of para-hydroxylation sites is 1. The van der Waals surface area contributed by atoms with Gasteiger partial charge in [0.25, 0.3) is 0 Å². The predicted molar refractivity (Wildman–Crippen MR) is 132 cm³/mol. The fraction of sp³-hybridized carbons (Fsp3) is 0.185. The summed E-state index contributed by atoms with van der Waals surface area (Å²) in [6, 6.07) is 21.6. The van der Waals surface area contributed by atoms with Gasteiger partial charge in [-0.25, -0.2) is 5.43 Å². The molecule has 0 saturated heterocycles. The topological polar surface area (TPSA) is 52.2 Å². The van der Waals surface area contributed by atoms with Gasteiger partial charge in [0.1, 0.15) is 23.0 Å². The average molecular weight is 445 g/mol. The molecule has 1 atom stereocenters. The molecule has 6 nitrogen and oxygen atoms in total. The van der Waals surface area contributed by atoms with Crippen molar-refractivity contribution < 1.29 is 18.9 Å². The molecule has 1 aliphatic rings. The Morgan fingerprint density at radius 3 is 2.09 bits per heavy atom. The van der Waals surface area contributed by atoms with Crippen molar-refractivity contribution in [3.05, 3.63) is 90.0 Å². The first-order chi connectivity index (χ1) is 16.2. The number of nitrogens with zero attached hydrogens (tertiary/aromatic N) is 1. The van der Waals surface area contributed by atoms with Crippen molar-refractivity contribution >= 4 is 17.5 Å². The van der Waals surface area contributed by atoms with Gasteiger partial charge in [-0.05, 0) is 54.6 Å². The highest BCUT2D eigenvalue weighted by Crippen LogP contribution is 2.36. The van der Waals surface area contributed by atoms with Gasteiger partial charge in [0, 0.05) is 11.1 Å². The summed E-state index contributed by atoms with van der Waals surface area (Å²) >= 11 is 0. The van der Waals surface area contributed by atoms with Gasteiger partial charge in [0.15, 0.2) is 0 Å². The average Bonchev–Trinajstić information content (AvgIpc) is 3.31. The van der Waals surface area contributed by atoms with Crippen molar-refractivity contribution in [2.45, 2.75) is 6.04 Å². The van der Waals surface area contributed by atoms with E-state index in [0.29, 0.717) is 0 Å². The molecule has 0 amide bonds. The van der Waals surface area contributed by atoms with Gasteiger partial charge in [-0.1, -0.05) is 30.4 Å². The van der Waals surface area contributed by atoms with Crippen LogP contribution in [0.25, 0.3) is 11.8 Å². The summed E-state index contributed by atoms with van der Waals surface area (Å²) < 4.78 is 22.0. The molecule has 0 aliphatic carbocycles. The predicted octanol–water partition coefficient (Wildman–Crippen LogP) is 5.17. The number of ether oxygens (including phenoxy) is 4. The van der Waals surface area contributed by atoms with Crippen LogP contribution in [-0.4, -0.2) is 34.5 Å². The summed E-state index contributed by atoms with van der Waals surface area (Å²) in [5.41, 5.74) is 7.43. The van der Waals surface area contributed by atoms with Crippen LogP contribution in [0.2, 0.25) is 0 Å². The van der Waals surface area contributed by atoms with Gasteiger partial charge >= 0.3 is 0 Å². The second-order valence-corrected chi connectivity index (χ2v) is 7.41. The quantitative estimate of drug-likeness (QED) is 0.517. The van der Waals surface area contributed by atoms with E-state index in [2.05, 4.69) is 34.7 Å². The van der Waals surface area contributed by atoms with E-state index in [4.69, 9.17) is 18.9 Å². The zero-order chi connectivity index (χ0) is 23.2. The molecule has 4 rings (SSSR count). The fourth-order valence-corrected chi connectivity index (χ4v) is 3.79. The van der Waals surface area contributed by atoms with Crippen LogP contribution >= 0.6 is 0 Å². The molecule has 1 unspecified atom stereocenters. The van der Waals surface area contributed by atoms with Crippen LogP contribution in [0.3, 0.4) is 0 Å². The number of rotatable bonds is 8. The molecule has 0 spiro atoms. The highest BCUT2D eigenvalue weighted by Gasteiger charge is 2.26. The summed E-state index contributed by atoms with van der Waals surface area (Å²) in [6.07, 6.45) is 6.28. The summed E-state index contributed by atoms with van der Waals surface area (Å²) in [5.74, 6) is 3.09. The Morgan fingerprint density at radius 1 is 0.758 bits per heavy atom. The van der Waals surface area contributed by atoms with Crippen molar-refractivity contribution in [1.29, 1.82) is 0 Å². The first-order valence-corrected chi connectivity index (χ1v) is 10.6. The lowest BCUT2D eigenvalue weighted by Crippen LogP contribution is -2.35. The van der Waals surface area contributed by atoms with E-state index in [1.807, 2.05) is 60.7 Å². The minimum absolute atomic E-state index is 0.0629. The van der Waals surface area contributed by atoms with Gasteiger partial charge in [0.2, 0.25) is 0 Å². The number of anilines is 1. The standard InChI is InChI=1S/C27H28N2O4/c1-30-22-12-14-26(32-3)19(16-22)10-11-20-17-25(29(28-20)21-8-6-5-7-9-21)24-18-23(31-2)13-15-27(24)33-4/h5-18,20,28H,1-4H3. The zero-order valence-electron chi connectivity index (χ0n) is 19.2. The molecule has 3 aromatic carbocycles. The van der Waals surface area contributed by atoms with Gasteiger partial charge in [-0.15, -0.1) is 0 Å². The molecule has 6 heteroatoms. The lowest BCUT2D eigenvalue weighted by molar-refractivity contribution is 0.402. The number of hydrogen-bond acceptors (Lipinski definition) is 6. The zero-order valence-corrected chi connectivity index (χ0v) is 19.2. The molecule has 1 N–H and O–H groups in total. The Balaban J connectivity index is 1.73. The molecule has 1 aliphatic heterocycles. The van der Waals surface area contributed by atoms with Crippen LogP contribution in [0.15, 0.2) is 78.9 Å². The van der Waals surface area contributed by atoms with E-state index < -0.39 is 0 Å². The Bertz CT molecular complexity index is 1160. The highest BCUT2D eigenvalue weighted by molar-refractivity contribution is 5.84. The molecule has 1 heterocycles. The van der Waals surface area contributed by atoms with Crippen molar-refractivity contribution in [2.75, 3.05) is 33.4 Å². The maximum atomic E-state index is 5.66. The molecule has 0 radical (unpaired) electrons. The van der Waals surface area contributed by atoms with Crippen LogP contribution in [0.4, 0.5) is 5.69 Å². The number of benzene rings is 3. The number of nitrogens with one attached hydrogen (secondary N) is 1. The first kappa shape index (κ1) is 22.3. The second-order valence-electron chi connectivity index (χ2n) is 7.41. The maximum absolute atomic E-state index is 5.66. The molecule has 0 bridgehead atoms. The minimum Gasteiger partial charge on any atom is -0.497 e. The van der Waals surface area contributed by atoms with E-state index >= 15 is 0 Å². The SMILES string of the molecule is COc1ccc(OC)c(C=CC2C=C(c3cc(OC)ccc3OC)N(c3ccccc3)N2)c1. The van der Waals surface area contributed by atoms with Crippen molar-refractivity contribution in [3.8, 4) is 23.0 Å². The Kier molecular flexibility index (Phi) is 6.86. The number of methoxy groups -OCH3 is 4. The van der Waals surface area contributed by atoms with Crippen molar-refractivity contribution in [1.82, 2.24) is 5.43 Å². The Hall–Kier alpha value is -3.90. The van der Waals surface area contributed by atoms with Crippen LogP contribution in [-0.2, 0) is 0 Å². The van der Waals surface area contributed by atoms with Gasteiger partial charge < -0.3 is 18.9 Å². The third-order valence-electron chi connectivity index (χ3n) is 5.47. The summed E-state index contributed by atoms with van der Waals surface area (Å²) in [6.45, 7) is 0. The molecule has 3 aromatic rings. The Labute approximate surface area is 194 Å². The summed E-state index contributed by atoms with van der Waals surface area (Å²) in [4.78, 5) is 0. The third-order valence-corrected chi connectivity index (χ3v) is 5.47. The van der Waals surface area contributed by atoms with E-state index in [9.17, 15) is 0 Å². The lowest BCUT2D eigenvalue weighted by Gasteiger charge is -2.25. The largest absolute Gasteiger partial charge is 0.497 e. The first-order valence-electron chi connectivity index (χ1n) is 10.6. The van der Waals surface area contributed by atoms with E-state index in [1.165, 1.54) is 0 Å². The highest BCUT2D eigenvalue weighted by atomic mass is 16.5. The molecular weight excluding hydrogens is 416 g/mol. The minimum atomic E-state index is -0.0629. The normalized spacial score (nSPS) is 15.5. The molecule has 33 heavy (non-hydrogen) atoms. The summed E-state index contributed by atoms with van der Waals surface area (Å²) in [7, 11) is 6.65. The molecular formula is C27H28N2O4. The molecule has 0 aromatic heterocycles. The van der Waals surface area contributed by atoms with Crippen LogP contribution < -0.4 is 29.4 Å². The van der Waals surface area contributed by atoms with E-state index in [-0.39, 0.29) is 6.04 Å². The van der Waals surface area contributed by atoms with Crippen LogP contribution in [0.1, 0.15) is 11.1 Å². The van der Waals surface area contributed by atoms with Crippen molar-refractivity contribution in [3.63, 3.8) is 0 Å². The number of hydrogen-bond donors (Lipinski definition) is 1. The van der Waals surface area contributed by atoms with E-state index in [0.717, 1.165) is 45.5 Å².